The molecule has 164 valence electrons. The van der Waals surface area contributed by atoms with Crippen molar-refractivity contribution >= 4 is 17.6 Å². The molecule has 1 aromatic carbocycles. The number of hydrogen-bond acceptors (Lipinski definition) is 3. The number of carbonyl (C=O) groups excluding carboxylic acids is 2. The number of hydrogen-bond donors (Lipinski definition) is 2. The molecule has 0 spiro atoms. The van der Waals surface area contributed by atoms with Crippen molar-refractivity contribution in [2.24, 2.45) is 11.8 Å². The first-order valence-corrected chi connectivity index (χ1v) is 10.6. The number of fused-ring (bicyclic) bond motifs is 4. The molecule has 2 N–H and O–H groups in total. The van der Waals surface area contributed by atoms with E-state index in [2.05, 4.69) is 10.6 Å². The maximum atomic E-state index is 13.4. The molecule has 1 aromatic heterocycles. The van der Waals surface area contributed by atoms with E-state index in [1.54, 1.807) is 23.1 Å². The summed E-state index contributed by atoms with van der Waals surface area (Å²) in [7, 11) is 0. The lowest BCUT2D eigenvalue weighted by molar-refractivity contribution is -0.118. The zero-order valence-electron chi connectivity index (χ0n) is 17.7. The van der Waals surface area contributed by atoms with Gasteiger partial charge in [-0.3, -0.25) is 9.59 Å². The molecule has 0 unspecified atom stereocenters. The highest BCUT2D eigenvalue weighted by molar-refractivity contribution is 5.97. The normalized spacial score (nSPS) is 20.7. The largest absolute Gasteiger partial charge is 0.326 e. The fourth-order valence-corrected chi connectivity index (χ4v) is 4.61. The number of urea groups is 1. The van der Waals surface area contributed by atoms with Crippen molar-refractivity contribution in [2.75, 3.05) is 18.4 Å². The molecule has 0 saturated carbocycles. The highest BCUT2D eigenvalue weighted by Crippen LogP contribution is 2.34. The van der Waals surface area contributed by atoms with E-state index in [-0.39, 0.29) is 35.3 Å². The Kier molecular flexibility index (Phi) is 5.80. The Hall–Kier alpha value is -3.16. The third-order valence-electron chi connectivity index (χ3n) is 6.09. The molecule has 8 heteroatoms. The van der Waals surface area contributed by atoms with Gasteiger partial charge in [-0.15, -0.1) is 0 Å². The second-order valence-corrected chi connectivity index (χ2v) is 8.77. The molecule has 3 atom stereocenters. The first-order chi connectivity index (χ1) is 14.8. The van der Waals surface area contributed by atoms with Crippen LogP contribution >= 0.6 is 0 Å². The van der Waals surface area contributed by atoms with Gasteiger partial charge in [0, 0.05) is 43.0 Å². The van der Waals surface area contributed by atoms with Crippen molar-refractivity contribution in [1.82, 2.24) is 14.8 Å². The summed E-state index contributed by atoms with van der Waals surface area (Å²) < 4.78 is 15.2. The quantitative estimate of drug-likeness (QED) is 0.789. The van der Waals surface area contributed by atoms with Crippen LogP contribution in [0.15, 0.2) is 47.3 Å². The Bertz CT molecular complexity index is 1050. The summed E-state index contributed by atoms with van der Waals surface area (Å²) in [6.07, 6.45) is 0.945. The average Bonchev–Trinajstić information content (AvgIpc) is 2.72. The van der Waals surface area contributed by atoms with E-state index in [9.17, 15) is 18.8 Å². The molecule has 1 fully saturated rings. The number of rotatable bonds is 4. The van der Waals surface area contributed by atoms with E-state index >= 15 is 0 Å². The van der Waals surface area contributed by atoms with Gasteiger partial charge >= 0.3 is 6.03 Å². The van der Waals surface area contributed by atoms with Crippen molar-refractivity contribution in [3.05, 3.63) is 64.3 Å². The number of amides is 3. The molecule has 3 amide bonds. The summed E-state index contributed by atoms with van der Waals surface area (Å²) in [5.74, 6) is -0.673. The fraction of sp³-hybridized carbons (Fsp3) is 0.435. The molecule has 31 heavy (non-hydrogen) atoms. The van der Waals surface area contributed by atoms with Crippen LogP contribution in [0.4, 0.5) is 14.9 Å². The van der Waals surface area contributed by atoms with Crippen LogP contribution in [-0.4, -0.2) is 40.5 Å². The van der Waals surface area contributed by atoms with Crippen LogP contribution in [0.5, 0.6) is 0 Å². The van der Waals surface area contributed by atoms with Crippen molar-refractivity contribution < 1.29 is 14.0 Å². The number of anilines is 1. The number of carbonyl (C=O) groups is 2. The predicted octanol–water partition coefficient (Wildman–Crippen LogP) is 2.78. The van der Waals surface area contributed by atoms with E-state index in [4.69, 9.17) is 0 Å². The van der Waals surface area contributed by atoms with Crippen LogP contribution in [0, 0.1) is 17.7 Å². The van der Waals surface area contributed by atoms with E-state index < -0.39 is 11.9 Å². The summed E-state index contributed by atoms with van der Waals surface area (Å²) >= 11 is 0. The third kappa shape index (κ3) is 4.47. The minimum atomic E-state index is -0.757. The summed E-state index contributed by atoms with van der Waals surface area (Å²) in [5, 5.41) is 5.54. The highest BCUT2D eigenvalue weighted by Gasteiger charge is 2.37. The monoisotopic (exact) mass is 426 g/mol. The molecular weight excluding hydrogens is 399 g/mol. The molecule has 0 radical (unpaired) electrons. The van der Waals surface area contributed by atoms with E-state index in [1.165, 1.54) is 18.2 Å². The number of likely N-dealkylation sites (tertiary alicyclic amines) is 1. The van der Waals surface area contributed by atoms with Gasteiger partial charge in [-0.25, -0.2) is 9.18 Å². The fourth-order valence-electron chi connectivity index (χ4n) is 4.61. The van der Waals surface area contributed by atoms with Gasteiger partial charge in [0.1, 0.15) is 11.9 Å². The molecular formula is C23H27FN4O3. The Labute approximate surface area is 180 Å². The van der Waals surface area contributed by atoms with Crippen LogP contribution < -0.4 is 16.2 Å². The zero-order valence-corrected chi connectivity index (χ0v) is 17.7. The average molecular weight is 426 g/mol. The second-order valence-electron chi connectivity index (χ2n) is 8.77. The van der Waals surface area contributed by atoms with Gasteiger partial charge in [-0.05, 0) is 42.5 Å². The van der Waals surface area contributed by atoms with E-state index in [1.807, 2.05) is 24.5 Å². The Morgan fingerprint density at radius 1 is 1.10 bits per heavy atom. The first kappa shape index (κ1) is 21.1. The number of aromatic nitrogens is 1. The van der Waals surface area contributed by atoms with Crippen LogP contribution in [0.3, 0.4) is 0 Å². The van der Waals surface area contributed by atoms with Crippen LogP contribution in [0.1, 0.15) is 31.9 Å². The molecule has 2 aromatic rings. The lowest BCUT2D eigenvalue weighted by Crippen LogP contribution is -2.56. The van der Waals surface area contributed by atoms with Gasteiger partial charge in [0.25, 0.3) is 5.56 Å². The van der Waals surface area contributed by atoms with Gasteiger partial charge in [0.2, 0.25) is 5.91 Å². The molecule has 2 bridgehead atoms. The molecule has 3 heterocycles. The number of pyridine rings is 1. The SMILES string of the molecule is CC(C)[C@H](NC(=O)N1C[C@H]2C[C@@H](C1)c1cccc(=O)n1C2)C(=O)Nc1cccc(F)c1. The third-order valence-corrected chi connectivity index (χ3v) is 6.09. The first-order valence-electron chi connectivity index (χ1n) is 10.6. The van der Waals surface area contributed by atoms with Crippen molar-refractivity contribution in [3.8, 4) is 0 Å². The smallest absolute Gasteiger partial charge is 0.318 e. The standard InChI is InChI=1S/C23H27FN4O3/c1-14(2)21(22(30)25-18-6-3-5-17(24)10-18)26-23(31)27-11-15-9-16(13-27)19-7-4-8-20(29)28(19)12-15/h3-8,10,14-16,21H,9,11-13H2,1-2H3,(H,25,30)(H,26,31)/t15-,16+,21+/m1/s1. The minimum Gasteiger partial charge on any atom is -0.326 e. The molecule has 1 saturated heterocycles. The zero-order chi connectivity index (χ0) is 22.1. The predicted molar refractivity (Wildman–Crippen MR) is 115 cm³/mol. The molecule has 4 rings (SSSR count). The molecule has 0 aliphatic carbocycles. The highest BCUT2D eigenvalue weighted by atomic mass is 19.1. The Morgan fingerprint density at radius 2 is 1.87 bits per heavy atom. The molecule has 7 nitrogen and oxygen atoms in total. The van der Waals surface area contributed by atoms with Gasteiger partial charge in [0.15, 0.2) is 0 Å². The number of nitrogens with one attached hydrogen (secondary N) is 2. The molecule has 2 aliphatic rings. The number of piperidine rings is 1. The molecule has 2 aliphatic heterocycles. The summed E-state index contributed by atoms with van der Waals surface area (Å²) in [5.41, 5.74) is 1.31. The van der Waals surface area contributed by atoms with E-state index in [0.29, 0.717) is 25.3 Å². The number of benzene rings is 1. The van der Waals surface area contributed by atoms with E-state index in [0.717, 1.165) is 12.1 Å². The summed E-state index contributed by atoms with van der Waals surface area (Å²) in [6.45, 7) is 5.35. The number of halogens is 1. The Balaban J connectivity index is 1.45. The number of nitrogens with zero attached hydrogens (tertiary/aromatic N) is 2. The topological polar surface area (TPSA) is 83.4 Å². The minimum absolute atomic E-state index is 0.000932. The van der Waals surface area contributed by atoms with Gasteiger partial charge < -0.3 is 20.1 Å². The lowest BCUT2D eigenvalue weighted by atomic mass is 9.83. The Morgan fingerprint density at radius 3 is 2.61 bits per heavy atom. The van der Waals surface area contributed by atoms with Crippen molar-refractivity contribution in [2.45, 2.75) is 38.8 Å². The van der Waals surface area contributed by atoms with Gasteiger partial charge in [0.05, 0.1) is 0 Å². The maximum Gasteiger partial charge on any atom is 0.318 e. The van der Waals surface area contributed by atoms with Crippen LogP contribution in [0.2, 0.25) is 0 Å². The van der Waals surface area contributed by atoms with Crippen LogP contribution in [-0.2, 0) is 11.3 Å². The second kappa shape index (κ2) is 8.53. The van der Waals surface area contributed by atoms with Crippen molar-refractivity contribution in [3.63, 3.8) is 0 Å². The van der Waals surface area contributed by atoms with Crippen molar-refractivity contribution in [1.29, 1.82) is 0 Å². The van der Waals surface area contributed by atoms with Gasteiger partial charge in [-0.1, -0.05) is 26.0 Å². The summed E-state index contributed by atoms with van der Waals surface area (Å²) in [6, 6.07) is 9.89. The van der Waals surface area contributed by atoms with Gasteiger partial charge in [-0.2, -0.15) is 0 Å². The van der Waals surface area contributed by atoms with Crippen LogP contribution in [0.25, 0.3) is 0 Å². The summed E-state index contributed by atoms with van der Waals surface area (Å²) in [4.78, 5) is 39.7. The maximum absolute atomic E-state index is 13.4. The lowest BCUT2D eigenvalue weighted by Gasteiger charge is -2.43.